The number of aliphatic imine (C=N–C) groups is 1. The molecule has 0 saturated carbocycles. The van der Waals surface area contributed by atoms with E-state index in [1.54, 1.807) is 0 Å². The molecule has 0 amide bonds. The second-order valence-electron chi connectivity index (χ2n) is 6.16. The fraction of sp³-hybridized carbons (Fsp3) is 0.929. The third-order valence-corrected chi connectivity index (χ3v) is 4.55. The first-order valence-corrected chi connectivity index (χ1v) is 9.83. The minimum atomic E-state index is -2.96. The number of sulfone groups is 1. The van der Waals surface area contributed by atoms with E-state index in [0.29, 0.717) is 19.0 Å². The van der Waals surface area contributed by atoms with Crippen LogP contribution in [-0.2, 0) is 14.6 Å². The first-order chi connectivity index (χ1) is 10.2. The van der Waals surface area contributed by atoms with Gasteiger partial charge < -0.3 is 15.4 Å². The van der Waals surface area contributed by atoms with Crippen LogP contribution in [0.4, 0.5) is 0 Å². The van der Waals surface area contributed by atoms with E-state index in [0.717, 1.165) is 32.8 Å². The fourth-order valence-electron chi connectivity index (χ4n) is 2.24. The maximum Gasteiger partial charge on any atom is 0.191 e. The molecule has 130 valence electrons. The van der Waals surface area contributed by atoms with Crippen molar-refractivity contribution in [3.05, 3.63) is 0 Å². The van der Waals surface area contributed by atoms with Crippen LogP contribution in [0.1, 0.15) is 20.8 Å². The lowest BCUT2D eigenvalue weighted by Crippen LogP contribution is -2.52. The second-order valence-corrected chi connectivity index (χ2v) is 8.42. The topological polar surface area (TPSA) is 83.0 Å². The second kappa shape index (κ2) is 8.69. The number of morpholine rings is 1. The van der Waals surface area contributed by atoms with Gasteiger partial charge in [0.15, 0.2) is 5.96 Å². The Labute approximate surface area is 134 Å². The fourth-order valence-corrected chi connectivity index (χ4v) is 2.71. The summed E-state index contributed by atoms with van der Waals surface area (Å²) in [6.45, 7) is 11.4. The van der Waals surface area contributed by atoms with Crippen LogP contribution in [0.15, 0.2) is 4.99 Å². The van der Waals surface area contributed by atoms with Gasteiger partial charge in [0, 0.05) is 38.0 Å². The Morgan fingerprint density at radius 3 is 2.45 bits per heavy atom. The highest BCUT2D eigenvalue weighted by molar-refractivity contribution is 7.90. The predicted molar refractivity (Wildman–Crippen MR) is 90.2 cm³/mol. The molecule has 22 heavy (non-hydrogen) atoms. The van der Waals surface area contributed by atoms with Gasteiger partial charge in [-0.05, 0) is 20.8 Å². The molecule has 1 rings (SSSR count). The molecule has 1 heterocycles. The molecule has 0 aromatic rings. The van der Waals surface area contributed by atoms with Gasteiger partial charge >= 0.3 is 0 Å². The van der Waals surface area contributed by atoms with Gasteiger partial charge in [-0.25, -0.2) is 8.42 Å². The zero-order valence-electron chi connectivity index (χ0n) is 14.2. The van der Waals surface area contributed by atoms with Crippen LogP contribution in [0.25, 0.3) is 0 Å². The van der Waals surface area contributed by atoms with Gasteiger partial charge in [0.05, 0.1) is 25.5 Å². The first-order valence-electron chi connectivity index (χ1n) is 7.77. The van der Waals surface area contributed by atoms with Crippen LogP contribution in [0.3, 0.4) is 0 Å². The van der Waals surface area contributed by atoms with Crippen molar-refractivity contribution in [2.45, 2.75) is 26.3 Å². The molecule has 0 aromatic carbocycles. The molecule has 1 aliphatic rings. The normalized spacial score (nSPS) is 18.3. The molecule has 0 unspecified atom stereocenters. The highest BCUT2D eigenvalue weighted by atomic mass is 32.2. The van der Waals surface area contributed by atoms with Crippen molar-refractivity contribution in [3.63, 3.8) is 0 Å². The number of rotatable bonds is 7. The standard InChI is InChI=1S/C14H30N4O3S/c1-5-15-13(16-6-11-22(4,19)20)17-12-14(2,3)18-7-9-21-10-8-18/h5-12H2,1-4H3,(H2,15,16,17). The average molecular weight is 334 g/mol. The number of hydrogen-bond acceptors (Lipinski definition) is 5. The van der Waals surface area contributed by atoms with E-state index in [1.807, 2.05) is 6.92 Å². The van der Waals surface area contributed by atoms with Crippen LogP contribution in [0.5, 0.6) is 0 Å². The molecular weight excluding hydrogens is 304 g/mol. The molecule has 8 heteroatoms. The summed E-state index contributed by atoms with van der Waals surface area (Å²) in [5.41, 5.74) is -0.0526. The number of nitrogens with one attached hydrogen (secondary N) is 2. The SMILES string of the molecule is CCNC(=NCC(C)(C)N1CCOCC1)NCCS(C)(=O)=O. The summed E-state index contributed by atoms with van der Waals surface area (Å²) in [4.78, 5) is 6.97. The minimum absolute atomic E-state index is 0.0526. The largest absolute Gasteiger partial charge is 0.379 e. The van der Waals surface area contributed by atoms with Crippen LogP contribution in [0.2, 0.25) is 0 Å². The molecule has 0 bridgehead atoms. The highest BCUT2D eigenvalue weighted by Gasteiger charge is 2.28. The highest BCUT2D eigenvalue weighted by Crippen LogP contribution is 2.16. The molecule has 0 atom stereocenters. The van der Waals surface area contributed by atoms with Crippen LogP contribution < -0.4 is 10.6 Å². The van der Waals surface area contributed by atoms with Gasteiger partial charge in [-0.1, -0.05) is 0 Å². The molecule has 1 aliphatic heterocycles. The van der Waals surface area contributed by atoms with Gasteiger partial charge in [0.2, 0.25) is 0 Å². The summed E-state index contributed by atoms with van der Waals surface area (Å²) in [6, 6.07) is 0. The monoisotopic (exact) mass is 334 g/mol. The van der Waals surface area contributed by atoms with E-state index in [1.165, 1.54) is 6.26 Å². The minimum Gasteiger partial charge on any atom is -0.379 e. The Bertz CT molecular complexity index is 457. The number of hydrogen-bond donors (Lipinski definition) is 2. The Morgan fingerprint density at radius 2 is 1.91 bits per heavy atom. The van der Waals surface area contributed by atoms with Crippen LogP contribution >= 0.6 is 0 Å². The molecule has 1 saturated heterocycles. The van der Waals surface area contributed by atoms with Crippen molar-refractivity contribution >= 4 is 15.8 Å². The summed E-state index contributed by atoms with van der Waals surface area (Å²) >= 11 is 0. The summed E-state index contributed by atoms with van der Waals surface area (Å²) in [7, 11) is -2.96. The van der Waals surface area contributed by atoms with Gasteiger partial charge in [0.25, 0.3) is 0 Å². The maximum atomic E-state index is 11.2. The third kappa shape index (κ3) is 7.42. The van der Waals surface area contributed by atoms with Crippen molar-refractivity contribution in [1.29, 1.82) is 0 Å². The van der Waals surface area contributed by atoms with Crippen LogP contribution in [-0.4, -0.2) is 82.8 Å². The molecule has 0 aromatic heterocycles. The molecule has 1 fully saturated rings. The van der Waals surface area contributed by atoms with Gasteiger partial charge in [0.1, 0.15) is 9.84 Å². The van der Waals surface area contributed by atoms with E-state index < -0.39 is 9.84 Å². The summed E-state index contributed by atoms with van der Waals surface area (Å²) in [6.07, 6.45) is 1.24. The summed E-state index contributed by atoms with van der Waals surface area (Å²) in [5.74, 6) is 0.761. The molecular formula is C14H30N4O3S. The number of guanidine groups is 1. The van der Waals surface area contributed by atoms with Crippen molar-refractivity contribution < 1.29 is 13.2 Å². The lowest BCUT2D eigenvalue weighted by molar-refractivity contribution is -0.00683. The van der Waals surface area contributed by atoms with E-state index >= 15 is 0 Å². The number of nitrogens with zero attached hydrogens (tertiary/aromatic N) is 2. The lowest BCUT2D eigenvalue weighted by Gasteiger charge is -2.39. The Morgan fingerprint density at radius 1 is 1.27 bits per heavy atom. The Balaban J connectivity index is 2.55. The predicted octanol–water partition coefficient (Wildman–Crippen LogP) is -0.303. The number of ether oxygens (including phenoxy) is 1. The maximum absolute atomic E-state index is 11.2. The van der Waals surface area contributed by atoms with E-state index in [-0.39, 0.29) is 11.3 Å². The average Bonchev–Trinajstić information content (AvgIpc) is 2.44. The molecule has 2 N–H and O–H groups in total. The zero-order chi connectivity index (χ0) is 16.6. The van der Waals surface area contributed by atoms with Crippen molar-refractivity contribution in [3.8, 4) is 0 Å². The van der Waals surface area contributed by atoms with E-state index in [2.05, 4.69) is 34.4 Å². The van der Waals surface area contributed by atoms with Crippen molar-refractivity contribution in [2.75, 3.05) is 57.9 Å². The molecule has 0 spiro atoms. The van der Waals surface area contributed by atoms with Crippen molar-refractivity contribution in [2.24, 2.45) is 4.99 Å². The summed E-state index contributed by atoms with van der Waals surface area (Å²) < 4.78 is 27.7. The lowest BCUT2D eigenvalue weighted by atomic mass is 10.0. The first kappa shape index (κ1) is 19.2. The van der Waals surface area contributed by atoms with Crippen LogP contribution in [0, 0.1) is 0 Å². The van der Waals surface area contributed by atoms with Gasteiger partial charge in [-0.2, -0.15) is 0 Å². The van der Waals surface area contributed by atoms with E-state index in [9.17, 15) is 8.42 Å². The zero-order valence-corrected chi connectivity index (χ0v) is 15.0. The smallest absolute Gasteiger partial charge is 0.191 e. The molecule has 0 radical (unpaired) electrons. The molecule has 7 nitrogen and oxygen atoms in total. The molecule has 0 aliphatic carbocycles. The van der Waals surface area contributed by atoms with E-state index in [4.69, 9.17) is 4.74 Å². The third-order valence-electron chi connectivity index (χ3n) is 3.60. The Hall–Kier alpha value is -0.860. The van der Waals surface area contributed by atoms with Gasteiger partial charge in [-0.15, -0.1) is 0 Å². The Kier molecular flexibility index (Phi) is 7.58. The van der Waals surface area contributed by atoms with Crippen molar-refractivity contribution in [1.82, 2.24) is 15.5 Å². The quantitative estimate of drug-likeness (QED) is 0.491. The van der Waals surface area contributed by atoms with Gasteiger partial charge in [-0.3, -0.25) is 9.89 Å². The summed E-state index contributed by atoms with van der Waals surface area (Å²) in [5, 5.41) is 6.21.